The monoisotopic (exact) mass is 426 g/mol. The third kappa shape index (κ3) is 3.15. The molecule has 8 nitrogen and oxygen atoms in total. The van der Waals surface area contributed by atoms with Crippen LogP contribution >= 0.6 is 0 Å². The van der Waals surface area contributed by atoms with Crippen molar-refractivity contribution in [1.29, 1.82) is 0 Å². The summed E-state index contributed by atoms with van der Waals surface area (Å²) in [6.07, 6.45) is 7.39. The molecule has 5 heterocycles. The van der Waals surface area contributed by atoms with Crippen LogP contribution in [-0.2, 0) is 32.5 Å². The zero-order valence-corrected chi connectivity index (χ0v) is 17.5. The standard InChI is InChI=1S/C24H22N6O2/c31-23-19-13-29(8-6-20(19)27-22(28-23)18-10-25-14-26-11-18)12-17-9-16-4-1-3-15-5-2-7-30(21(15)16)24(17)32/h1,3-4,9-11,14H,2,5-8,12-13H2,(H,27,28,31). The molecule has 2 aliphatic rings. The number of benzene rings is 1. The lowest BCUT2D eigenvalue weighted by Crippen LogP contribution is -2.37. The minimum Gasteiger partial charge on any atom is -0.308 e. The fraction of sp³-hybridized carbons (Fsp3) is 0.292. The Kier molecular flexibility index (Phi) is 4.46. The number of aromatic amines is 1. The molecule has 8 heteroatoms. The average molecular weight is 426 g/mol. The van der Waals surface area contributed by atoms with Gasteiger partial charge in [-0.05, 0) is 29.9 Å². The molecule has 0 amide bonds. The van der Waals surface area contributed by atoms with Crippen LogP contribution < -0.4 is 11.1 Å². The van der Waals surface area contributed by atoms with E-state index in [-0.39, 0.29) is 11.1 Å². The Bertz CT molecular complexity index is 1460. The Morgan fingerprint density at radius 1 is 1.06 bits per heavy atom. The summed E-state index contributed by atoms with van der Waals surface area (Å²) < 4.78 is 1.93. The van der Waals surface area contributed by atoms with Crippen LogP contribution in [0.3, 0.4) is 0 Å². The molecule has 0 aliphatic carbocycles. The highest BCUT2D eigenvalue weighted by Gasteiger charge is 2.24. The van der Waals surface area contributed by atoms with Crippen molar-refractivity contribution in [2.24, 2.45) is 0 Å². The van der Waals surface area contributed by atoms with Gasteiger partial charge in [0.2, 0.25) is 0 Å². The van der Waals surface area contributed by atoms with Crippen LogP contribution in [0.4, 0.5) is 0 Å². The third-order valence-electron chi connectivity index (χ3n) is 6.47. The van der Waals surface area contributed by atoms with Crippen molar-refractivity contribution < 1.29 is 0 Å². The number of aromatic nitrogens is 5. The van der Waals surface area contributed by atoms with E-state index < -0.39 is 0 Å². The van der Waals surface area contributed by atoms with Crippen molar-refractivity contribution in [2.75, 3.05) is 6.54 Å². The van der Waals surface area contributed by atoms with E-state index in [2.05, 4.69) is 43.0 Å². The maximum atomic E-state index is 13.2. The molecule has 4 aromatic rings. The fourth-order valence-electron chi connectivity index (χ4n) is 4.95. The molecule has 32 heavy (non-hydrogen) atoms. The molecule has 0 fully saturated rings. The highest BCUT2D eigenvalue weighted by atomic mass is 16.1. The van der Waals surface area contributed by atoms with E-state index in [1.165, 1.54) is 11.9 Å². The van der Waals surface area contributed by atoms with Crippen molar-refractivity contribution in [3.8, 4) is 11.4 Å². The van der Waals surface area contributed by atoms with Gasteiger partial charge in [-0.3, -0.25) is 14.5 Å². The summed E-state index contributed by atoms with van der Waals surface area (Å²) >= 11 is 0. The minimum atomic E-state index is -0.145. The zero-order chi connectivity index (χ0) is 21.7. The van der Waals surface area contributed by atoms with E-state index in [1.807, 2.05) is 10.6 Å². The maximum absolute atomic E-state index is 13.2. The zero-order valence-electron chi connectivity index (χ0n) is 17.5. The molecule has 2 aliphatic heterocycles. The van der Waals surface area contributed by atoms with E-state index in [1.54, 1.807) is 12.4 Å². The predicted octanol–water partition coefficient (Wildman–Crippen LogP) is 2.05. The van der Waals surface area contributed by atoms with Crippen molar-refractivity contribution in [3.63, 3.8) is 0 Å². The number of para-hydroxylation sites is 1. The topological polar surface area (TPSA) is 96.8 Å². The SMILES string of the molecule is O=c1[nH]c(-c2cncnc2)nc2c1CN(Cc1cc3cccc4c3n(c1=O)CCC4)CC2. The summed E-state index contributed by atoms with van der Waals surface area (Å²) in [6, 6.07) is 8.30. The van der Waals surface area contributed by atoms with Crippen LogP contribution in [0.25, 0.3) is 22.3 Å². The molecular formula is C24H22N6O2. The van der Waals surface area contributed by atoms with Gasteiger partial charge in [0.25, 0.3) is 11.1 Å². The number of nitrogens with zero attached hydrogens (tertiary/aromatic N) is 5. The summed E-state index contributed by atoms with van der Waals surface area (Å²) in [7, 11) is 0. The van der Waals surface area contributed by atoms with E-state index in [0.29, 0.717) is 36.5 Å². The van der Waals surface area contributed by atoms with Crippen LogP contribution in [0.2, 0.25) is 0 Å². The first-order valence-electron chi connectivity index (χ1n) is 10.9. The molecule has 0 unspecified atom stereocenters. The van der Waals surface area contributed by atoms with Gasteiger partial charge in [-0.1, -0.05) is 18.2 Å². The first-order valence-corrected chi connectivity index (χ1v) is 10.9. The molecule has 0 bridgehead atoms. The summed E-state index contributed by atoms with van der Waals surface area (Å²) in [5.41, 5.74) is 5.21. The summed E-state index contributed by atoms with van der Waals surface area (Å²) in [4.78, 5) is 43.7. The van der Waals surface area contributed by atoms with Crippen molar-refractivity contribution in [1.82, 2.24) is 29.4 Å². The van der Waals surface area contributed by atoms with E-state index in [4.69, 9.17) is 0 Å². The first-order chi connectivity index (χ1) is 15.7. The lowest BCUT2D eigenvalue weighted by atomic mass is 9.99. The summed E-state index contributed by atoms with van der Waals surface area (Å²) in [5.74, 6) is 0.491. The number of hydrogen-bond donors (Lipinski definition) is 1. The number of aryl methyl sites for hydroxylation is 2. The second-order valence-electron chi connectivity index (χ2n) is 8.51. The Hall–Kier alpha value is -3.65. The largest absolute Gasteiger partial charge is 0.308 e. The van der Waals surface area contributed by atoms with Gasteiger partial charge in [-0.2, -0.15) is 0 Å². The quantitative estimate of drug-likeness (QED) is 0.539. The average Bonchev–Trinajstić information content (AvgIpc) is 2.83. The van der Waals surface area contributed by atoms with Crippen molar-refractivity contribution >= 4 is 10.9 Å². The lowest BCUT2D eigenvalue weighted by Gasteiger charge is -2.28. The number of pyridine rings is 1. The number of hydrogen-bond acceptors (Lipinski definition) is 6. The summed E-state index contributed by atoms with van der Waals surface area (Å²) in [5, 5.41) is 1.11. The fourth-order valence-corrected chi connectivity index (χ4v) is 4.95. The second-order valence-corrected chi connectivity index (χ2v) is 8.51. The van der Waals surface area contributed by atoms with Gasteiger partial charge in [-0.25, -0.2) is 15.0 Å². The third-order valence-corrected chi connectivity index (χ3v) is 6.47. The predicted molar refractivity (Wildman–Crippen MR) is 120 cm³/mol. The molecule has 1 aromatic carbocycles. The lowest BCUT2D eigenvalue weighted by molar-refractivity contribution is 0.240. The Balaban J connectivity index is 1.32. The van der Waals surface area contributed by atoms with Gasteiger partial charge < -0.3 is 9.55 Å². The van der Waals surface area contributed by atoms with Gasteiger partial charge in [-0.15, -0.1) is 0 Å². The van der Waals surface area contributed by atoms with E-state index in [0.717, 1.165) is 48.1 Å². The van der Waals surface area contributed by atoms with E-state index in [9.17, 15) is 9.59 Å². The Morgan fingerprint density at radius 2 is 1.94 bits per heavy atom. The number of rotatable bonds is 3. The molecule has 0 saturated heterocycles. The van der Waals surface area contributed by atoms with Gasteiger partial charge in [0.15, 0.2) is 0 Å². The van der Waals surface area contributed by atoms with E-state index >= 15 is 0 Å². The smallest absolute Gasteiger partial charge is 0.255 e. The van der Waals surface area contributed by atoms with Gasteiger partial charge in [0.1, 0.15) is 12.2 Å². The van der Waals surface area contributed by atoms with Crippen LogP contribution in [-0.4, -0.2) is 35.9 Å². The first kappa shape index (κ1) is 19.1. The molecule has 160 valence electrons. The van der Waals surface area contributed by atoms with Crippen molar-refractivity contribution in [2.45, 2.75) is 38.9 Å². The van der Waals surface area contributed by atoms with Crippen molar-refractivity contribution in [3.05, 3.63) is 86.1 Å². The minimum absolute atomic E-state index is 0.0851. The van der Waals surface area contributed by atoms with Gasteiger partial charge >= 0.3 is 0 Å². The van der Waals surface area contributed by atoms with Crippen LogP contribution in [0, 0.1) is 0 Å². The normalized spacial score (nSPS) is 15.6. The molecule has 1 N–H and O–H groups in total. The summed E-state index contributed by atoms with van der Waals surface area (Å²) in [6.45, 7) is 2.50. The molecule has 0 spiro atoms. The number of H-pyrrole nitrogens is 1. The molecule has 0 atom stereocenters. The van der Waals surface area contributed by atoms with Crippen LogP contribution in [0.5, 0.6) is 0 Å². The molecule has 0 radical (unpaired) electrons. The maximum Gasteiger partial charge on any atom is 0.255 e. The molecule has 0 saturated carbocycles. The highest BCUT2D eigenvalue weighted by molar-refractivity contribution is 5.83. The van der Waals surface area contributed by atoms with Crippen LogP contribution in [0.15, 0.2) is 52.6 Å². The molecular weight excluding hydrogens is 404 g/mol. The highest BCUT2D eigenvalue weighted by Crippen LogP contribution is 2.25. The Labute approximate surface area is 183 Å². The van der Waals surface area contributed by atoms with Crippen LogP contribution in [0.1, 0.15) is 28.8 Å². The molecule has 3 aromatic heterocycles. The van der Waals surface area contributed by atoms with Gasteiger partial charge in [0.05, 0.1) is 22.3 Å². The number of nitrogens with one attached hydrogen (secondary N) is 1. The van der Waals surface area contributed by atoms with Gasteiger partial charge in [0, 0.05) is 50.6 Å². The molecule has 6 rings (SSSR count). The number of fused-ring (bicyclic) bond motifs is 1. The Morgan fingerprint density at radius 3 is 2.81 bits per heavy atom. The second kappa shape index (κ2) is 7.49.